The number of hydrogen-bond acceptors (Lipinski definition) is 5. The smallest absolute Gasteiger partial charge is 0.337 e. The van der Waals surface area contributed by atoms with Gasteiger partial charge in [0.25, 0.3) is 0 Å². The monoisotopic (exact) mass is 489 g/mol. The number of carboxylic acid groups (broad SMARTS) is 1. The van der Waals surface area contributed by atoms with Crippen molar-refractivity contribution in [2.24, 2.45) is 0 Å². The third-order valence-electron chi connectivity index (χ3n) is 7.17. The lowest BCUT2D eigenvalue weighted by atomic mass is 9.86. The first-order valence-electron chi connectivity index (χ1n) is 12.5. The minimum absolute atomic E-state index is 0.287. The van der Waals surface area contributed by atoms with E-state index in [1.165, 1.54) is 5.56 Å². The van der Waals surface area contributed by atoms with Crippen LogP contribution in [0, 0.1) is 6.92 Å². The zero-order valence-corrected chi connectivity index (χ0v) is 22.0. The molecule has 0 fully saturated rings. The van der Waals surface area contributed by atoms with Crippen molar-refractivity contribution in [3.8, 4) is 16.9 Å². The first kappa shape index (κ1) is 25.9. The Morgan fingerprint density at radius 3 is 2.69 bits per heavy atom. The summed E-state index contributed by atoms with van der Waals surface area (Å²) in [6.07, 6.45) is 6.13. The summed E-state index contributed by atoms with van der Waals surface area (Å²) in [5, 5.41) is 13.4. The summed E-state index contributed by atoms with van der Waals surface area (Å²) in [5.74, 6) is -0.226. The topological polar surface area (TPSA) is 77.9 Å². The van der Waals surface area contributed by atoms with E-state index in [1.807, 2.05) is 71.2 Å². The average molecular weight is 490 g/mol. The molecule has 6 heteroatoms. The van der Waals surface area contributed by atoms with Crippen molar-refractivity contribution in [3.05, 3.63) is 57.6 Å². The summed E-state index contributed by atoms with van der Waals surface area (Å²) in [6.45, 7) is 10.7. The number of aromatic nitrogens is 1. The van der Waals surface area contributed by atoms with Gasteiger partial charge in [-0.3, -0.25) is 4.98 Å². The van der Waals surface area contributed by atoms with Gasteiger partial charge in [-0.15, -0.1) is 0 Å². The number of hydrogen-bond donors (Lipinski definition) is 1. The maximum atomic E-state index is 12.8. The molecule has 1 aromatic heterocycles. The largest absolute Gasteiger partial charge is 0.493 e. The zero-order valence-electron chi connectivity index (χ0n) is 22.0. The molecular weight excluding hydrogens is 454 g/mol. The van der Waals surface area contributed by atoms with Crippen LogP contribution in [0.4, 0.5) is 0 Å². The molecule has 1 aliphatic rings. The molecule has 6 nitrogen and oxygen atoms in total. The van der Waals surface area contributed by atoms with E-state index in [4.69, 9.17) is 19.2 Å². The predicted molar refractivity (Wildman–Crippen MR) is 143 cm³/mol. The fourth-order valence-electron chi connectivity index (χ4n) is 5.20. The Kier molecular flexibility index (Phi) is 7.48. The van der Waals surface area contributed by atoms with Crippen LogP contribution < -0.4 is 15.2 Å². The van der Waals surface area contributed by atoms with Crippen molar-refractivity contribution in [1.82, 2.24) is 4.98 Å². The van der Waals surface area contributed by atoms with Crippen molar-refractivity contribution in [1.29, 1.82) is 0 Å². The van der Waals surface area contributed by atoms with Crippen LogP contribution >= 0.6 is 0 Å². The standard InChI is InChI=1S/C30H35NO5/c1-7-19-16-18(4)24(28(29(32)33)36-30(5,9-3)17-34-6)26(21(19)8-2)22-10-11-23-25-20(13-15-35-23)12-14-31-27(22)25/h7-8,10-12,14,16,28H,9,13,15,17H2,1-6H3,(H,32,33). The molecule has 0 bridgehead atoms. The molecule has 0 spiro atoms. The predicted octanol–water partition coefficient (Wildman–Crippen LogP) is 4.70. The number of methoxy groups -OCH3 is 1. The minimum atomic E-state index is -1.19. The van der Waals surface area contributed by atoms with Gasteiger partial charge in [0.1, 0.15) is 5.75 Å². The maximum Gasteiger partial charge on any atom is 0.337 e. The van der Waals surface area contributed by atoms with Gasteiger partial charge in [-0.2, -0.15) is 0 Å². The maximum absolute atomic E-state index is 12.8. The Morgan fingerprint density at radius 2 is 2.06 bits per heavy atom. The van der Waals surface area contributed by atoms with Crippen molar-refractivity contribution in [3.63, 3.8) is 0 Å². The van der Waals surface area contributed by atoms with Crippen molar-refractivity contribution in [2.45, 2.75) is 59.2 Å². The van der Waals surface area contributed by atoms with Gasteiger partial charge in [0.05, 0.1) is 24.3 Å². The molecule has 1 N–H and O–H groups in total. The summed E-state index contributed by atoms with van der Waals surface area (Å²) in [4.78, 5) is 17.6. The third-order valence-corrected chi connectivity index (χ3v) is 7.17. The van der Waals surface area contributed by atoms with Gasteiger partial charge in [0.15, 0.2) is 6.10 Å². The van der Waals surface area contributed by atoms with Gasteiger partial charge in [0.2, 0.25) is 0 Å². The Labute approximate surface area is 212 Å². The Hall–Kier alpha value is -3.22. The van der Waals surface area contributed by atoms with Gasteiger partial charge in [-0.25, -0.2) is 4.79 Å². The molecule has 190 valence electrons. The number of carboxylic acids is 1. The second-order valence-corrected chi connectivity index (χ2v) is 9.54. The number of benzene rings is 2. The molecule has 36 heavy (non-hydrogen) atoms. The van der Waals surface area contributed by atoms with Gasteiger partial charge < -0.3 is 19.3 Å². The normalized spacial score (nSPS) is 16.6. The summed E-state index contributed by atoms with van der Waals surface area (Å²) < 4.78 is 17.7. The fourth-order valence-corrected chi connectivity index (χ4v) is 5.20. The summed E-state index contributed by atoms with van der Waals surface area (Å²) in [6, 6.07) is 8.04. The second-order valence-electron chi connectivity index (χ2n) is 9.54. The molecule has 0 saturated heterocycles. The van der Waals surface area contributed by atoms with E-state index in [-0.39, 0.29) is 6.61 Å². The van der Waals surface area contributed by atoms with Crippen molar-refractivity contribution >= 4 is 29.0 Å². The van der Waals surface area contributed by atoms with E-state index in [9.17, 15) is 9.90 Å². The second kappa shape index (κ2) is 10.4. The number of carbonyl (C=O) groups is 1. The number of rotatable bonds is 8. The van der Waals surface area contributed by atoms with Gasteiger partial charge >= 0.3 is 5.97 Å². The summed E-state index contributed by atoms with van der Waals surface area (Å²) in [5.41, 5.74) is 4.41. The van der Waals surface area contributed by atoms with Crippen LogP contribution in [0.5, 0.6) is 5.75 Å². The van der Waals surface area contributed by atoms with E-state index in [0.29, 0.717) is 18.6 Å². The van der Waals surface area contributed by atoms with Crippen molar-refractivity contribution in [2.75, 3.05) is 20.3 Å². The highest BCUT2D eigenvalue weighted by molar-refractivity contribution is 6.01. The molecule has 2 heterocycles. The summed E-state index contributed by atoms with van der Waals surface area (Å²) in [7, 11) is 1.60. The van der Waals surface area contributed by atoms with E-state index in [1.54, 1.807) is 7.11 Å². The molecule has 0 aliphatic carbocycles. The first-order chi connectivity index (χ1) is 17.3. The molecule has 4 rings (SSSR count). The Morgan fingerprint density at radius 1 is 1.28 bits per heavy atom. The van der Waals surface area contributed by atoms with Crippen LogP contribution in [0.3, 0.4) is 0 Å². The van der Waals surface area contributed by atoms with Crippen LogP contribution in [0.2, 0.25) is 0 Å². The fraction of sp³-hybridized carbons (Fsp3) is 0.400. The molecule has 0 saturated carbocycles. The van der Waals surface area contributed by atoms with Crippen molar-refractivity contribution < 1.29 is 24.1 Å². The lowest BCUT2D eigenvalue weighted by molar-refractivity contribution is -0.170. The number of aryl methyl sites for hydroxylation is 1. The van der Waals surface area contributed by atoms with Crippen LogP contribution in [0.25, 0.3) is 34.2 Å². The Bertz CT molecular complexity index is 1420. The lowest BCUT2D eigenvalue weighted by Crippen LogP contribution is -2.38. The minimum Gasteiger partial charge on any atom is -0.493 e. The average Bonchev–Trinajstić information content (AvgIpc) is 2.87. The van der Waals surface area contributed by atoms with Crippen LogP contribution in [0.1, 0.15) is 56.9 Å². The van der Waals surface area contributed by atoms with E-state index in [0.717, 1.165) is 50.2 Å². The molecule has 3 aromatic rings. The van der Waals surface area contributed by atoms with E-state index < -0.39 is 17.7 Å². The highest BCUT2D eigenvalue weighted by atomic mass is 16.6. The SMILES string of the molecule is CC=c1cc(C)c(C(OC(C)(CC)COC)C(=O)O)c(-c2ccc3c4c(ccnc24)CCO3)c1=CC. The third kappa shape index (κ3) is 4.51. The molecule has 0 amide bonds. The van der Waals surface area contributed by atoms with Gasteiger partial charge in [0, 0.05) is 36.2 Å². The number of ether oxygens (including phenoxy) is 3. The molecule has 1 aliphatic heterocycles. The van der Waals surface area contributed by atoms with E-state index in [2.05, 4.69) is 6.08 Å². The van der Waals surface area contributed by atoms with Crippen LogP contribution in [0.15, 0.2) is 30.5 Å². The zero-order chi connectivity index (χ0) is 26.0. The van der Waals surface area contributed by atoms with Gasteiger partial charge in [-0.1, -0.05) is 25.1 Å². The molecule has 0 radical (unpaired) electrons. The lowest BCUT2D eigenvalue weighted by Gasteiger charge is -2.33. The Balaban J connectivity index is 2.11. The number of pyridine rings is 1. The highest BCUT2D eigenvalue weighted by Gasteiger charge is 2.35. The quantitative estimate of drug-likeness (QED) is 0.494. The molecule has 2 unspecified atom stereocenters. The molecule has 2 aromatic carbocycles. The van der Waals surface area contributed by atoms with Crippen LogP contribution in [-0.4, -0.2) is 42.0 Å². The van der Waals surface area contributed by atoms with E-state index >= 15 is 0 Å². The van der Waals surface area contributed by atoms with Crippen LogP contribution in [-0.2, 0) is 20.7 Å². The number of nitrogens with zero attached hydrogens (tertiary/aromatic N) is 1. The van der Waals surface area contributed by atoms with Gasteiger partial charge in [-0.05, 0) is 79.4 Å². The first-order valence-corrected chi connectivity index (χ1v) is 12.5. The molecular formula is C30H35NO5. The highest BCUT2D eigenvalue weighted by Crippen LogP contribution is 2.40. The number of aliphatic carboxylic acids is 1. The summed E-state index contributed by atoms with van der Waals surface area (Å²) >= 11 is 0. The molecule has 2 atom stereocenters.